The highest BCUT2D eigenvalue weighted by atomic mass is 35.5. The molecule has 0 bridgehead atoms. The maximum atomic E-state index is 13.2. The van der Waals surface area contributed by atoms with Crippen LogP contribution in [0.3, 0.4) is 0 Å². The van der Waals surface area contributed by atoms with Gasteiger partial charge in [-0.15, -0.1) is 10.2 Å². The SMILES string of the molecule is Cn1c(COc2ccc3c(c2)CCCC3)nnc1SCC(=O)Nc1ccc(F)c(Cl)c1. The molecule has 3 aromatic rings. The third-order valence-corrected chi connectivity index (χ3v) is 6.46. The van der Waals surface area contributed by atoms with E-state index in [9.17, 15) is 9.18 Å². The van der Waals surface area contributed by atoms with Gasteiger partial charge in [0.25, 0.3) is 0 Å². The molecule has 1 amide bonds. The van der Waals surface area contributed by atoms with Crippen molar-refractivity contribution < 1.29 is 13.9 Å². The molecule has 0 unspecified atom stereocenters. The molecule has 2 aromatic carbocycles. The van der Waals surface area contributed by atoms with Crippen LogP contribution < -0.4 is 10.1 Å². The summed E-state index contributed by atoms with van der Waals surface area (Å²) >= 11 is 7.00. The molecule has 0 spiro atoms. The lowest BCUT2D eigenvalue weighted by Crippen LogP contribution is -2.14. The number of nitrogens with one attached hydrogen (secondary N) is 1. The number of fused-ring (bicyclic) bond motifs is 1. The second-order valence-electron chi connectivity index (χ2n) is 7.35. The van der Waals surface area contributed by atoms with E-state index in [-0.39, 0.29) is 16.7 Å². The molecule has 0 fully saturated rings. The number of benzene rings is 2. The largest absolute Gasteiger partial charge is 0.486 e. The van der Waals surface area contributed by atoms with Gasteiger partial charge in [0.05, 0.1) is 10.8 Å². The average molecular weight is 461 g/mol. The quantitative estimate of drug-likeness (QED) is 0.513. The molecule has 6 nitrogen and oxygen atoms in total. The van der Waals surface area contributed by atoms with Crippen LogP contribution in [0, 0.1) is 5.82 Å². The van der Waals surface area contributed by atoms with Gasteiger partial charge in [0.1, 0.15) is 18.2 Å². The Morgan fingerprint density at radius 3 is 2.81 bits per heavy atom. The third kappa shape index (κ3) is 5.37. The number of aryl methyl sites for hydroxylation is 2. The minimum absolute atomic E-state index is 0.0395. The Balaban J connectivity index is 1.30. The number of hydrogen-bond acceptors (Lipinski definition) is 5. The average Bonchev–Trinajstić information content (AvgIpc) is 3.12. The van der Waals surface area contributed by atoms with Crippen molar-refractivity contribution in [2.45, 2.75) is 37.4 Å². The predicted molar refractivity (Wildman–Crippen MR) is 119 cm³/mol. The zero-order valence-electron chi connectivity index (χ0n) is 17.0. The number of hydrogen-bond donors (Lipinski definition) is 1. The van der Waals surface area contributed by atoms with Crippen LogP contribution in [0.1, 0.15) is 29.8 Å². The van der Waals surface area contributed by atoms with Crippen LogP contribution in [0.25, 0.3) is 0 Å². The van der Waals surface area contributed by atoms with Crippen molar-refractivity contribution in [2.75, 3.05) is 11.1 Å². The normalized spacial score (nSPS) is 13.0. The number of amides is 1. The van der Waals surface area contributed by atoms with Crippen molar-refractivity contribution in [1.82, 2.24) is 14.8 Å². The molecule has 1 N–H and O–H groups in total. The van der Waals surface area contributed by atoms with Gasteiger partial charge in [-0.3, -0.25) is 4.79 Å². The lowest BCUT2D eigenvalue weighted by molar-refractivity contribution is -0.113. The molecular formula is C22H22ClFN4O2S. The molecule has 4 rings (SSSR count). The van der Waals surface area contributed by atoms with E-state index >= 15 is 0 Å². The van der Waals surface area contributed by atoms with E-state index in [0.29, 0.717) is 23.3 Å². The first kappa shape index (κ1) is 21.6. The van der Waals surface area contributed by atoms with Gasteiger partial charge in [0, 0.05) is 12.7 Å². The summed E-state index contributed by atoms with van der Waals surface area (Å²) in [6.45, 7) is 0.295. The first-order chi connectivity index (χ1) is 15.0. The fourth-order valence-electron chi connectivity index (χ4n) is 3.44. The summed E-state index contributed by atoms with van der Waals surface area (Å²) in [5.41, 5.74) is 3.22. The van der Waals surface area contributed by atoms with Crippen LogP contribution in [0.2, 0.25) is 5.02 Å². The van der Waals surface area contributed by atoms with Gasteiger partial charge < -0.3 is 14.6 Å². The van der Waals surface area contributed by atoms with Crippen LogP contribution in [-0.4, -0.2) is 26.4 Å². The van der Waals surface area contributed by atoms with Crippen molar-refractivity contribution in [2.24, 2.45) is 7.05 Å². The molecule has 162 valence electrons. The zero-order valence-corrected chi connectivity index (χ0v) is 18.6. The van der Waals surface area contributed by atoms with E-state index in [2.05, 4.69) is 27.6 Å². The van der Waals surface area contributed by atoms with E-state index in [1.807, 2.05) is 17.7 Å². The Morgan fingerprint density at radius 1 is 1.19 bits per heavy atom. The first-order valence-electron chi connectivity index (χ1n) is 10.00. The fraction of sp³-hybridized carbons (Fsp3) is 0.318. The van der Waals surface area contributed by atoms with Crippen molar-refractivity contribution in [1.29, 1.82) is 0 Å². The number of nitrogens with zero attached hydrogens (tertiary/aromatic N) is 3. The van der Waals surface area contributed by atoms with E-state index in [1.165, 1.54) is 53.9 Å². The summed E-state index contributed by atoms with van der Waals surface area (Å²) in [5, 5.41) is 11.6. The summed E-state index contributed by atoms with van der Waals surface area (Å²) in [6, 6.07) is 10.3. The molecule has 1 aliphatic rings. The fourth-order valence-corrected chi connectivity index (χ4v) is 4.36. The van der Waals surface area contributed by atoms with Gasteiger partial charge in [0.2, 0.25) is 5.91 Å². The lowest BCUT2D eigenvalue weighted by atomic mass is 9.92. The monoisotopic (exact) mass is 460 g/mol. The number of thioether (sulfide) groups is 1. The molecular weight excluding hydrogens is 439 g/mol. The lowest BCUT2D eigenvalue weighted by Gasteiger charge is -2.16. The molecule has 1 aliphatic carbocycles. The van der Waals surface area contributed by atoms with Crippen molar-refractivity contribution in [3.63, 3.8) is 0 Å². The smallest absolute Gasteiger partial charge is 0.234 e. The van der Waals surface area contributed by atoms with Crippen molar-refractivity contribution >= 4 is 35.0 Å². The highest BCUT2D eigenvalue weighted by Crippen LogP contribution is 2.26. The Labute approximate surface area is 189 Å². The van der Waals surface area contributed by atoms with Gasteiger partial charge >= 0.3 is 0 Å². The maximum Gasteiger partial charge on any atom is 0.234 e. The topological polar surface area (TPSA) is 69.0 Å². The number of aromatic nitrogens is 3. The minimum Gasteiger partial charge on any atom is -0.486 e. The highest BCUT2D eigenvalue weighted by molar-refractivity contribution is 7.99. The minimum atomic E-state index is -0.529. The molecule has 0 atom stereocenters. The van der Waals surface area contributed by atoms with E-state index in [0.717, 1.165) is 18.6 Å². The summed E-state index contributed by atoms with van der Waals surface area (Å²) in [5.74, 6) is 0.856. The number of carbonyl (C=O) groups is 1. The zero-order chi connectivity index (χ0) is 21.8. The molecule has 1 aromatic heterocycles. The van der Waals surface area contributed by atoms with Gasteiger partial charge in [-0.1, -0.05) is 29.4 Å². The van der Waals surface area contributed by atoms with E-state index in [4.69, 9.17) is 16.3 Å². The molecule has 1 heterocycles. The molecule has 0 saturated heterocycles. The van der Waals surface area contributed by atoms with Crippen LogP contribution in [0.5, 0.6) is 5.75 Å². The number of ether oxygens (including phenoxy) is 1. The molecule has 0 aliphatic heterocycles. The third-order valence-electron chi connectivity index (χ3n) is 5.15. The number of halogens is 2. The van der Waals surface area contributed by atoms with Crippen molar-refractivity contribution in [3.8, 4) is 5.75 Å². The van der Waals surface area contributed by atoms with Crippen molar-refractivity contribution in [3.05, 3.63) is 64.2 Å². The Hall–Kier alpha value is -2.58. The summed E-state index contributed by atoms with van der Waals surface area (Å²) in [7, 11) is 1.84. The molecule has 9 heteroatoms. The van der Waals surface area contributed by atoms with Gasteiger partial charge in [0.15, 0.2) is 11.0 Å². The van der Waals surface area contributed by atoms with Gasteiger partial charge in [-0.2, -0.15) is 0 Å². The Bertz CT molecular complexity index is 1110. The summed E-state index contributed by atoms with van der Waals surface area (Å²) < 4.78 is 21.0. The first-order valence-corrected chi connectivity index (χ1v) is 11.4. The maximum absolute atomic E-state index is 13.2. The predicted octanol–water partition coefficient (Wildman–Crippen LogP) is 4.80. The number of carbonyl (C=O) groups excluding carboxylic acids is 1. The second-order valence-corrected chi connectivity index (χ2v) is 8.70. The van der Waals surface area contributed by atoms with Gasteiger partial charge in [-0.25, -0.2) is 4.39 Å². The van der Waals surface area contributed by atoms with E-state index in [1.54, 1.807) is 0 Å². The van der Waals surface area contributed by atoms with Crippen LogP contribution in [0.4, 0.5) is 10.1 Å². The number of rotatable bonds is 7. The van der Waals surface area contributed by atoms with Gasteiger partial charge in [-0.05, 0) is 67.1 Å². The standard InChI is InChI=1S/C22H22ClFN4O2S/c1-28-20(12-30-17-8-6-14-4-2-3-5-15(14)10-17)26-27-22(28)31-13-21(29)25-16-7-9-19(24)18(23)11-16/h6-11H,2-5,12-13H2,1H3,(H,25,29). The molecule has 31 heavy (non-hydrogen) atoms. The summed E-state index contributed by atoms with van der Waals surface area (Å²) in [6.07, 6.45) is 4.72. The number of anilines is 1. The molecule has 0 saturated carbocycles. The van der Waals surface area contributed by atoms with Crippen LogP contribution in [0.15, 0.2) is 41.6 Å². The summed E-state index contributed by atoms with van der Waals surface area (Å²) in [4.78, 5) is 12.2. The van der Waals surface area contributed by atoms with Crippen LogP contribution >= 0.6 is 23.4 Å². The second kappa shape index (κ2) is 9.70. The molecule has 0 radical (unpaired) electrons. The van der Waals surface area contributed by atoms with Crippen LogP contribution in [-0.2, 0) is 31.3 Å². The Kier molecular flexibility index (Phi) is 6.77. The van der Waals surface area contributed by atoms with E-state index < -0.39 is 5.82 Å². The highest BCUT2D eigenvalue weighted by Gasteiger charge is 2.14. The Morgan fingerprint density at radius 2 is 2.00 bits per heavy atom.